The number of benzene rings is 9. The van der Waals surface area contributed by atoms with Crippen LogP contribution in [0.15, 0.2) is 182 Å². The van der Waals surface area contributed by atoms with Gasteiger partial charge in [-0.3, -0.25) is 0 Å². The first-order valence-electron chi connectivity index (χ1n) is 18.2. The van der Waals surface area contributed by atoms with Crippen LogP contribution in [-0.2, 0) is 0 Å². The summed E-state index contributed by atoms with van der Waals surface area (Å²) in [6.07, 6.45) is 0. The van der Waals surface area contributed by atoms with Crippen molar-refractivity contribution in [2.45, 2.75) is 0 Å². The van der Waals surface area contributed by atoms with Crippen molar-refractivity contribution in [3.05, 3.63) is 182 Å². The fourth-order valence-corrected chi connectivity index (χ4v) is 8.07. The molecule has 54 heavy (non-hydrogen) atoms. The fraction of sp³-hybridized carbons (Fsp3) is 0. The van der Waals surface area contributed by atoms with Crippen molar-refractivity contribution >= 4 is 64.8 Å². The van der Waals surface area contributed by atoms with Crippen molar-refractivity contribution in [3.63, 3.8) is 0 Å². The Balaban J connectivity index is 1.06. The molecule has 0 saturated carbocycles. The van der Waals surface area contributed by atoms with E-state index in [0.717, 1.165) is 38.2 Å². The molecule has 2 aromatic heterocycles. The van der Waals surface area contributed by atoms with Gasteiger partial charge in [0.25, 0.3) is 0 Å². The van der Waals surface area contributed by atoms with Crippen LogP contribution in [-0.4, -0.2) is 19.9 Å². The second-order valence-corrected chi connectivity index (χ2v) is 13.8. The number of aromatic nitrogens is 4. The fourth-order valence-electron chi connectivity index (χ4n) is 8.07. The summed E-state index contributed by atoms with van der Waals surface area (Å²) >= 11 is 0. The van der Waals surface area contributed by atoms with E-state index in [-0.39, 0.29) is 0 Å². The number of hydrogen-bond donors (Lipinski definition) is 0. The van der Waals surface area contributed by atoms with Crippen LogP contribution in [0.3, 0.4) is 0 Å². The van der Waals surface area contributed by atoms with E-state index in [9.17, 15) is 0 Å². The van der Waals surface area contributed by atoms with Crippen LogP contribution in [0, 0.1) is 0 Å². The van der Waals surface area contributed by atoms with E-state index in [0.29, 0.717) is 23.2 Å². The second-order valence-electron chi connectivity index (χ2n) is 13.8. The van der Waals surface area contributed by atoms with Gasteiger partial charge < -0.3 is 0 Å². The number of rotatable bonds is 4. The summed E-state index contributed by atoms with van der Waals surface area (Å²) < 4.78 is 0. The number of nitrogens with zero attached hydrogens (tertiary/aromatic N) is 4. The van der Waals surface area contributed by atoms with Gasteiger partial charge in [-0.25, -0.2) is 19.9 Å². The molecule has 0 aliphatic heterocycles. The van der Waals surface area contributed by atoms with Crippen LogP contribution in [0.5, 0.6) is 0 Å². The summed E-state index contributed by atoms with van der Waals surface area (Å²) in [5.41, 5.74) is 5.86. The van der Waals surface area contributed by atoms with Gasteiger partial charge in [-0.15, -0.1) is 0 Å². The van der Waals surface area contributed by atoms with Gasteiger partial charge in [0.05, 0.1) is 5.52 Å². The minimum absolute atomic E-state index is 0.540. The van der Waals surface area contributed by atoms with Crippen LogP contribution in [0.4, 0.5) is 0 Å². The minimum Gasteiger partial charge on any atom is -0.244 e. The van der Waals surface area contributed by atoms with Gasteiger partial charge in [-0.1, -0.05) is 164 Å². The van der Waals surface area contributed by atoms with Gasteiger partial charge in [0.1, 0.15) is 5.69 Å². The monoisotopic (exact) mass is 686 g/mol. The molecule has 4 nitrogen and oxygen atoms in total. The Morgan fingerprint density at radius 2 is 0.815 bits per heavy atom. The summed E-state index contributed by atoms with van der Waals surface area (Å²) in [6, 6.07) is 64.2. The smallest absolute Gasteiger partial charge is 0.182 e. The van der Waals surface area contributed by atoms with Crippen molar-refractivity contribution in [2.75, 3.05) is 0 Å². The van der Waals surface area contributed by atoms with Crippen LogP contribution in [0.25, 0.3) is 110 Å². The molecule has 0 spiro atoms. The lowest BCUT2D eigenvalue weighted by atomic mass is 9.90. The highest BCUT2D eigenvalue weighted by Gasteiger charge is 2.16. The SMILES string of the molecule is c1ccc(-c2nc(-c3ccc4c(-c5ccc6c7ccccc7c7ccccc7c6c5)cccc4c3)nc(-c3ccc4ccc5ccccc5c4n3)n2)cc1. The molecular weight excluding hydrogens is 657 g/mol. The average molecular weight is 687 g/mol. The van der Waals surface area contributed by atoms with Gasteiger partial charge in [-0.2, -0.15) is 0 Å². The highest BCUT2D eigenvalue weighted by atomic mass is 15.0. The van der Waals surface area contributed by atoms with Gasteiger partial charge >= 0.3 is 0 Å². The summed E-state index contributed by atoms with van der Waals surface area (Å²) in [5, 5.41) is 13.3. The highest BCUT2D eigenvalue weighted by molar-refractivity contribution is 6.26. The molecule has 9 aromatic carbocycles. The van der Waals surface area contributed by atoms with Crippen LogP contribution in [0.2, 0.25) is 0 Å². The van der Waals surface area contributed by atoms with E-state index in [1.807, 2.05) is 36.4 Å². The third-order valence-electron chi connectivity index (χ3n) is 10.7. The van der Waals surface area contributed by atoms with Gasteiger partial charge in [0, 0.05) is 21.9 Å². The molecule has 0 bridgehead atoms. The standard InChI is InChI=1S/C50H30N4/c1-2-12-33(13-3-1)48-52-49(54-50(53-48)46-28-25-32-22-21-31-11-4-5-15-39(31)47(32)51-46)36-24-26-38-34(29-36)14-10-20-37(38)35-23-27-44-42-18-7-6-16-40(42)41-17-8-9-19-43(41)45(44)30-35/h1-30H. The average Bonchev–Trinajstić information content (AvgIpc) is 3.26. The Bertz CT molecular complexity index is 3240. The van der Waals surface area contributed by atoms with Crippen molar-refractivity contribution in [1.29, 1.82) is 0 Å². The first-order valence-corrected chi connectivity index (χ1v) is 18.2. The molecule has 0 atom stereocenters. The molecule has 0 radical (unpaired) electrons. The highest BCUT2D eigenvalue weighted by Crippen LogP contribution is 2.39. The number of pyridine rings is 1. The van der Waals surface area contributed by atoms with E-state index in [1.165, 1.54) is 48.8 Å². The molecular formula is C50H30N4. The number of fused-ring (bicyclic) bond motifs is 10. The molecule has 4 heteroatoms. The largest absolute Gasteiger partial charge is 0.244 e. The molecule has 0 fully saturated rings. The molecule has 0 saturated heterocycles. The summed E-state index contributed by atoms with van der Waals surface area (Å²) in [7, 11) is 0. The van der Waals surface area contributed by atoms with Gasteiger partial charge in [0.2, 0.25) is 0 Å². The summed E-state index contributed by atoms with van der Waals surface area (Å²) in [4.78, 5) is 20.2. The lowest BCUT2D eigenvalue weighted by Gasteiger charge is -2.13. The van der Waals surface area contributed by atoms with Gasteiger partial charge in [-0.05, 0) is 77.8 Å². The quantitative estimate of drug-likeness (QED) is 0.173. The van der Waals surface area contributed by atoms with E-state index >= 15 is 0 Å². The zero-order chi connectivity index (χ0) is 35.6. The normalized spacial score (nSPS) is 11.7. The van der Waals surface area contributed by atoms with E-state index < -0.39 is 0 Å². The van der Waals surface area contributed by atoms with Crippen LogP contribution in [0.1, 0.15) is 0 Å². The van der Waals surface area contributed by atoms with E-state index in [2.05, 4.69) is 146 Å². The van der Waals surface area contributed by atoms with Crippen molar-refractivity contribution in [2.24, 2.45) is 0 Å². The molecule has 0 aliphatic rings. The molecule has 11 rings (SSSR count). The molecule has 250 valence electrons. The zero-order valence-electron chi connectivity index (χ0n) is 29.1. The maximum Gasteiger partial charge on any atom is 0.182 e. The lowest BCUT2D eigenvalue weighted by molar-refractivity contribution is 1.06. The van der Waals surface area contributed by atoms with Gasteiger partial charge in [0.15, 0.2) is 17.5 Å². The minimum atomic E-state index is 0.540. The maximum absolute atomic E-state index is 5.14. The first kappa shape index (κ1) is 30.3. The molecule has 2 heterocycles. The topological polar surface area (TPSA) is 51.6 Å². The third-order valence-corrected chi connectivity index (χ3v) is 10.7. The molecule has 11 aromatic rings. The Hall–Kier alpha value is -7.30. The predicted molar refractivity (Wildman–Crippen MR) is 224 cm³/mol. The third kappa shape index (κ3) is 4.92. The zero-order valence-corrected chi connectivity index (χ0v) is 29.1. The second kappa shape index (κ2) is 12.1. The van der Waals surface area contributed by atoms with Crippen molar-refractivity contribution < 1.29 is 0 Å². The molecule has 0 amide bonds. The molecule has 0 unspecified atom stereocenters. The Morgan fingerprint density at radius 1 is 0.259 bits per heavy atom. The Morgan fingerprint density at radius 3 is 1.59 bits per heavy atom. The first-order chi connectivity index (χ1) is 26.7. The van der Waals surface area contributed by atoms with Crippen LogP contribution < -0.4 is 0 Å². The molecule has 0 N–H and O–H groups in total. The summed E-state index contributed by atoms with van der Waals surface area (Å²) in [5.74, 6) is 1.76. The van der Waals surface area contributed by atoms with Crippen molar-refractivity contribution in [1.82, 2.24) is 19.9 Å². The molecule has 0 aliphatic carbocycles. The number of hydrogen-bond acceptors (Lipinski definition) is 4. The summed E-state index contributed by atoms with van der Waals surface area (Å²) in [6.45, 7) is 0. The Labute approximate surface area is 311 Å². The maximum atomic E-state index is 5.14. The van der Waals surface area contributed by atoms with E-state index in [4.69, 9.17) is 19.9 Å². The van der Waals surface area contributed by atoms with Crippen LogP contribution >= 0.6 is 0 Å². The Kier molecular flexibility index (Phi) is 6.82. The van der Waals surface area contributed by atoms with Crippen molar-refractivity contribution in [3.8, 4) is 45.4 Å². The predicted octanol–water partition coefficient (Wildman–Crippen LogP) is 12.9. The van der Waals surface area contributed by atoms with E-state index in [1.54, 1.807) is 0 Å². The lowest BCUT2D eigenvalue weighted by Crippen LogP contribution is -2.01.